The van der Waals surface area contributed by atoms with Crippen LogP contribution in [0, 0.1) is 5.82 Å². The summed E-state index contributed by atoms with van der Waals surface area (Å²) in [6.07, 6.45) is 0.776. The van der Waals surface area contributed by atoms with Gasteiger partial charge in [-0.05, 0) is 55.0 Å². The molecule has 4 rings (SSSR count). The van der Waals surface area contributed by atoms with Crippen LogP contribution >= 0.6 is 0 Å². The highest BCUT2D eigenvalue weighted by Crippen LogP contribution is 2.28. The molecule has 1 heterocycles. The van der Waals surface area contributed by atoms with Gasteiger partial charge in [-0.2, -0.15) is 0 Å². The van der Waals surface area contributed by atoms with Crippen molar-refractivity contribution in [3.63, 3.8) is 0 Å². The Kier molecular flexibility index (Phi) is 6.96. The van der Waals surface area contributed by atoms with E-state index in [0.717, 1.165) is 6.42 Å². The van der Waals surface area contributed by atoms with E-state index in [9.17, 15) is 14.0 Å². The summed E-state index contributed by atoms with van der Waals surface area (Å²) in [5.74, 6) is 0.397. The number of carbonyl (C=O) groups excluding carboxylic acids is 2. The van der Waals surface area contributed by atoms with E-state index in [2.05, 4.69) is 5.32 Å². The van der Waals surface area contributed by atoms with E-state index in [-0.39, 0.29) is 24.3 Å². The molecule has 1 aliphatic rings. The first-order chi connectivity index (χ1) is 16.5. The molecule has 0 radical (unpaired) electrons. The number of amides is 3. The van der Waals surface area contributed by atoms with Crippen LogP contribution in [0.4, 0.5) is 20.6 Å². The van der Waals surface area contributed by atoms with Gasteiger partial charge in [0.2, 0.25) is 0 Å². The monoisotopic (exact) mass is 463 g/mol. The number of anilines is 2. The van der Waals surface area contributed by atoms with Gasteiger partial charge in [-0.3, -0.25) is 9.69 Å². The second-order valence-corrected chi connectivity index (χ2v) is 7.87. The van der Waals surface area contributed by atoms with Gasteiger partial charge >= 0.3 is 6.03 Å². The predicted octanol–water partition coefficient (Wildman–Crippen LogP) is 4.93. The Hall–Kier alpha value is -4.07. The number of methoxy groups -OCH3 is 2. The average molecular weight is 464 g/mol. The summed E-state index contributed by atoms with van der Waals surface area (Å²) in [6.45, 7) is 1.37. The van der Waals surface area contributed by atoms with Crippen molar-refractivity contribution in [2.75, 3.05) is 37.5 Å². The molecule has 3 aromatic rings. The lowest BCUT2D eigenvalue weighted by molar-refractivity contribution is 0.102. The van der Waals surface area contributed by atoms with Crippen LogP contribution < -0.4 is 19.7 Å². The van der Waals surface area contributed by atoms with Gasteiger partial charge in [-0.15, -0.1) is 0 Å². The summed E-state index contributed by atoms with van der Waals surface area (Å²) in [6, 6.07) is 18.3. The molecule has 7 nitrogen and oxygen atoms in total. The Morgan fingerprint density at radius 3 is 2.41 bits per heavy atom. The zero-order valence-electron chi connectivity index (χ0n) is 19.1. The average Bonchev–Trinajstić information content (AvgIpc) is 2.86. The second kappa shape index (κ2) is 10.2. The normalized spacial score (nSPS) is 13.6. The van der Waals surface area contributed by atoms with Gasteiger partial charge in [-0.1, -0.05) is 18.2 Å². The summed E-state index contributed by atoms with van der Waals surface area (Å²) in [7, 11) is 3.04. The Morgan fingerprint density at radius 2 is 1.71 bits per heavy atom. The van der Waals surface area contributed by atoms with E-state index in [0.29, 0.717) is 47.1 Å². The zero-order chi connectivity index (χ0) is 24.1. The summed E-state index contributed by atoms with van der Waals surface area (Å²) in [4.78, 5) is 29.0. The van der Waals surface area contributed by atoms with Crippen molar-refractivity contribution in [3.05, 3.63) is 83.7 Å². The summed E-state index contributed by atoms with van der Waals surface area (Å²) in [5.41, 5.74) is 2.23. The lowest BCUT2D eigenvalue weighted by atomic mass is 10.1. The van der Waals surface area contributed by atoms with Crippen molar-refractivity contribution in [1.29, 1.82) is 0 Å². The first-order valence-electron chi connectivity index (χ1n) is 10.9. The number of rotatable bonds is 7. The van der Waals surface area contributed by atoms with E-state index >= 15 is 0 Å². The van der Waals surface area contributed by atoms with Crippen LogP contribution in [0.5, 0.6) is 11.5 Å². The molecule has 0 atom stereocenters. The predicted molar refractivity (Wildman–Crippen MR) is 128 cm³/mol. The fourth-order valence-corrected chi connectivity index (χ4v) is 3.91. The second-order valence-electron chi connectivity index (χ2n) is 7.87. The van der Waals surface area contributed by atoms with Crippen LogP contribution in [0.1, 0.15) is 22.3 Å². The molecule has 1 saturated heterocycles. The Morgan fingerprint density at radius 1 is 0.971 bits per heavy atom. The highest BCUT2D eigenvalue weighted by Gasteiger charge is 2.27. The third kappa shape index (κ3) is 4.96. The summed E-state index contributed by atoms with van der Waals surface area (Å²) in [5, 5.41) is 2.85. The minimum absolute atomic E-state index is 0.170. The number of hydrogen-bond donors (Lipinski definition) is 1. The molecule has 3 amide bonds. The zero-order valence-corrected chi connectivity index (χ0v) is 19.1. The minimum atomic E-state index is -0.318. The SMILES string of the molecule is COc1ccc(C(=O)Nc2ccc(N3CCCN(Cc4ccccc4F)C3=O)cc2)cc1OC. The molecule has 3 aromatic carbocycles. The van der Waals surface area contributed by atoms with E-state index in [1.165, 1.54) is 20.3 Å². The molecule has 0 bridgehead atoms. The number of benzene rings is 3. The third-order valence-electron chi connectivity index (χ3n) is 5.71. The highest BCUT2D eigenvalue weighted by molar-refractivity contribution is 6.05. The fourth-order valence-electron chi connectivity index (χ4n) is 3.91. The minimum Gasteiger partial charge on any atom is -0.493 e. The molecular formula is C26H26FN3O4. The molecule has 0 aromatic heterocycles. The Bertz CT molecular complexity index is 1180. The topological polar surface area (TPSA) is 71.1 Å². The largest absolute Gasteiger partial charge is 0.493 e. The Balaban J connectivity index is 1.43. The number of hydrogen-bond acceptors (Lipinski definition) is 4. The van der Waals surface area contributed by atoms with Crippen molar-refractivity contribution in [3.8, 4) is 11.5 Å². The maximum Gasteiger partial charge on any atom is 0.324 e. The molecule has 0 spiro atoms. The van der Waals surface area contributed by atoms with Crippen LogP contribution in [0.3, 0.4) is 0 Å². The van der Waals surface area contributed by atoms with Crippen molar-refractivity contribution in [2.45, 2.75) is 13.0 Å². The first kappa shape index (κ1) is 23.1. The van der Waals surface area contributed by atoms with Crippen LogP contribution in [-0.4, -0.2) is 44.1 Å². The quantitative estimate of drug-likeness (QED) is 0.540. The molecule has 1 N–H and O–H groups in total. The number of ether oxygens (including phenoxy) is 2. The maximum absolute atomic E-state index is 14.0. The molecule has 0 unspecified atom stereocenters. The maximum atomic E-state index is 14.0. The van der Waals surface area contributed by atoms with E-state index in [1.807, 2.05) is 0 Å². The molecule has 176 valence electrons. The first-order valence-corrected chi connectivity index (χ1v) is 10.9. The van der Waals surface area contributed by atoms with Crippen molar-refractivity contribution >= 4 is 23.3 Å². The molecule has 1 fully saturated rings. The number of carbonyl (C=O) groups is 2. The van der Waals surface area contributed by atoms with Gasteiger partial charge in [0.1, 0.15) is 5.82 Å². The number of halogens is 1. The lowest BCUT2D eigenvalue weighted by Crippen LogP contribution is -2.49. The van der Waals surface area contributed by atoms with Gasteiger partial charge < -0.3 is 19.7 Å². The molecule has 0 saturated carbocycles. The van der Waals surface area contributed by atoms with E-state index < -0.39 is 0 Å². The lowest BCUT2D eigenvalue weighted by Gasteiger charge is -2.35. The third-order valence-corrected chi connectivity index (χ3v) is 5.71. The van der Waals surface area contributed by atoms with Crippen molar-refractivity contribution < 1.29 is 23.5 Å². The summed E-state index contributed by atoms with van der Waals surface area (Å²) >= 11 is 0. The standard InChI is InChI=1S/C26H26FN3O4/c1-33-23-13-8-18(16-24(23)34-2)25(31)28-20-9-11-21(12-10-20)30-15-5-14-29(26(30)32)17-19-6-3-4-7-22(19)27/h3-4,6-13,16H,5,14-15,17H2,1-2H3,(H,28,31). The molecule has 34 heavy (non-hydrogen) atoms. The molecule has 1 aliphatic heterocycles. The smallest absolute Gasteiger partial charge is 0.324 e. The van der Waals surface area contributed by atoms with Gasteiger partial charge in [0, 0.05) is 35.6 Å². The van der Waals surface area contributed by atoms with Crippen molar-refractivity contribution in [1.82, 2.24) is 4.90 Å². The van der Waals surface area contributed by atoms with Gasteiger partial charge in [0.05, 0.1) is 20.8 Å². The van der Waals surface area contributed by atoms with E-state index in [4.69, 9.17) is 9.47 Å². The molecule has 0 aliphatic carbocycles. The number of nitrogens with zero attached hydrogens (tertiary/aromatic N) is 2. The van der Waals surface area contributed by atoms with Crippen molar-refractivity contribution in [2.24, 2.45) is 0 Å². The van der Waals surface area contributed by atoms with Crippen LogP contribution in [0.2, 0.25) is 0 Å². The van der Waals surface area contributed by atoms with Crippen LogP contribution in [0.15, 0.2) is 66.7 Å². The molecular weight excluding hydrogens is 437 g/mol. The summed E-state index contributed by atoms with van der Waals surface area (Å²) < 4.78 is 24.5. The van der Waals surface area contributed by atoms with Gasteiger partial charge in [0.15, 0.2) is 11.5 Å². The Labute approximate surface area is 197 Å². The number of urea groups is 1. The van der Waals surface area contributed by atoms with Crippen LogP contribution in [-0.2, 0) is 6.54 Å². The van der Waals surface area contributed by atoms with Gasteiger partial charge in [-0.25, -0.2) is 9.18 Å². The van der Waals surface area contributed by atoms with Gasteiger partial charge in [0.25, 0.3) is 5.91 Å². The molecule has 8 heteroatoms. The fraction of sp³-hybridized carbons (Fsp3) is 0.231. The highest BCUT2D eigenvalue weighted by atomic mass is 19.1. The number of nitrogens with one attached hydrogen (secondary N) is 1. The van der Waals surface area contributed by atoms with E-state index in [1.54, 1.807) is 70.5 Å². The van der Waals surface area contributed by atoms with Crippen LogP contribution in [0.25, 0.3) is 0 Å².